The van der Waals surface area contributed by atoms with Crippen molar-refractivity contribution in [1.82, 2.24) is 4.98 Å². The Balaban J connectivity index is 1.82. The SMILES string of the molecule is COC(=O)Cc1cccc(NC(=O)c2cccc(N)c2Cc2ccncc2)c1. The lowest BCUT2D eigenvalue weighted by Gasteiger charge is -2.13. The molecular weight excluding hydrogens is 354 g/mol. The van der Waals surface area contributed by atoms with E-state index in [1.807, 2.05) is 18.2 Å². The molecule has 0 saturated carbocycles. The molecule has 0 atom stereocenters. The number of ether oxygens (including phenoxy) is 1. The molecule has 0 bridgehead atoms. The number of anilines is 2. The number of nitrogens with two attached hydrogens (primary N) is 1. The predicted octanol–water partition coefficient (Wildman–Crippen LogP) is 3.22. The molecule has 3 rings (SSSR count). The third-order valence-electron chi connectivity index (χ3n) is 4.35. The maximum atomic E-state index is 12.9. The van der Waals surface area contributed by atoms with Gasteiger partial charge in [-0.25, -0.2) is 0 Å². The van der Waals surface area contributed by atoms with E-state index in [-0.39, 0.29) is 18.3 Å². The van der Waals surface area contributed by atoms with Crippen LogP contribution in [-0.4, -0.2) is 24.0 Å². The number of hydrogen-bond acceptors (Lipinski definition) is 5. The molecule has 0 aliphatic carbocycles. The van der Waals surface area contributed by atoms with Crippen LogP contribution in [0.15, 0.2) is 67.0 Å². The van der Waals surface area contributed by atoms with Crippen molar-refractivity contribution >= 4 is 23.3 Å². The van der Waals surface area contributed by atoms with Crippen LogP contribution in [0, 0.1) is 0 Å². The summed E-state index contributed by atoms with van der Waals surface area (Å²) < 4.78 is 4.69. The Morgan fingerprint density at radius 3 is 2.54 bits per heavy atom. The lowest BCUT2D eigenvalue weighted by Crippen LogP contribution is -2.16. The Kier molecular flexibility index (Phi) is 6.01. The summed E-state index contributed by atoms with van der Waals surface area (Å²) >= 11 is 0. The minimum Gasteiger partial charge on any atom is -0.469 e. The van der Waals surface area contributed by atoms with Crippen LogP contribution in [-0.2, 0) is 22.4 Å². The van der Waals surface area contributed by atoms with Crippen molar-refractivity contribution in [2.75, 3.05) is 18.2 Å². The van der Waals surface area contributed by atoms with E-state index in [1.165, 1.54) is 7.11 Å². The molecule has 3 N–H and O–H groups in total. The third kappa shape index (κ3) is 4.73. The third-order valence-corrected chi connectivity index (χ3v) is 4.35. The largest absolute Gasteiger partial charge is 0.469 e. The molecule has 0 aliphatic rings. The molecule has 142 valence electrons. The molecule has 1 heterocycles. The molecule has 0 spiro atoms. The van der Waals surface area contributed by atoms with Gasteiger partial charge in [0.1, 0.15) is 0 Å². The first-order valence-corrected chi connectivity index (χ1v) is 8.80. The van der Waals surface area contributed by atoms with E-state index in [4.69, 9.17) is 5.73 Å². The van der Waals surface area contributed by atoms with Crippen LogP contribution in [0.3, 0.4) is 0 Å². The smallest absolute Gasteiger partial charge is 0.309 e. The standard InChI is InChI=1S/C22H21N3O3/c1-28-21(26)14-16-4-2-5-17(12-16)25-22(27)18-6-3-7-20(23)19(18)13-15-8-10-24-11-9-15/h2-12H,13-14,23H2,1H3,(H,25,27). The summed E-state index contributed by atoms with van der Waals surface area (Å²) in [5.74, 6) is -0.592. The van der Waals surface area contributed by atoms with Crippen molar-refractivity contribution in [3.05, 3.63) is 89.2 Å². The molecule has 28 heavy (non-hydrogen) atoms. The first-order valence-electron chi connectivity index (χ1n) is 8.80. The second-order valence-corrected chi connectivity index (χ2v) is 6.31. The first-order chi connectivity index (χ1) is 13.6. The summed E-state index contributed by atoms with van der Waals surface area (Å²) in [6.07, 6.45) is 4.09. The summed E-state index contributed by atoms with van der Waals surface area (Å²) in [7, 11) is 1.35. The second-order valence-electron chi connectivity index (χ2n) is 6.31. The van der Waals surface area contributed by atoms with E-state index in [0.717, 1.165) is 16.7 Å². The van der Waals surface area contributed by atoms with Gasteiger partial charge in [-0.2, -0.15) is 0 Å². The molecule has 1 amide bonds. The monoisotopic (exact) mass is 375 g/mol. The normalized spacial score (nSPS) is 10.3. The van der Waals surface area contributed by atoms with E-state index < -0.39 is 0 Å². The lowest BCUT2D eigenvalue weighted by molar-refractivity contribution is -0.139. The quantitative estimate of drug-likeness (QED) is 0.510. The lowest BCUT2D eigenvalue weighted by atomic mass is 9.98. The predicted molar refractivity (Wildman–Crippen MR) is 108 cm³/mol. The van der Waals surface area contributed by atoms with Crippen molar-refractivity contribution in [1.29, 1.82) is 0 Å². The van der Waals surface area contributed by atoms with Crippen LogP contribution in [0.25, 0.3) is 0 Å². The molecule has 0 saturated heterocycles. The molecule has 0 radical (unpaired) electrons. The molecule has 0 unspecified atom stereocenters. The number of pyridine rings is 1. The maximum absolute atomic E-state index is 12.9. The average molecular weight is 375 g/mol. The average Bonchev–Trinajstić information content (AvgIpc) is 2.70. The van der Waals surface area contributed by atoms with Gasteiger partial charge in [0, 0.05) is 35.8 Å². The number of benzene rings is 2. The molecular formula is C22H21N3O3. The fraction of sp³-hybridized carbons (Fsp3) is 0.136. The number of amides is 1. The van der Waals surface area contributed by atoms with Gasteiger partial charge in [-0.05, 0) is 53.1 Å². The van der Waals surface area contributed by atoms with Crippen molar-refractivity contribution in [3.63, 3.8) is 0 Å². The molecule has 1 aromatic heterocycles. The number of nitrogen functional groups attached to an aromatic ring is 1. The molecule has 6 heteroatoms. The van der Waals surface area contributed by atoms with E-state index in [1.54, 1.807) is 48.8 Å². The van der Waals surface area contributed by atoms with Gasteiger partial charge in [-0.1, -0.05) is 18.2 Å². The molecule has 0 fully saturated rings. The Labute approximate surface area is 163 Å². The number of carbonyl (C=O) groups excluding carboxylic acids is 2. The number of rotatable bonds is 6. The van der Waals surface area contributed by atoms with Gasteiger partial charge in [-0.15, -0.1) is 0 Å². The van der Waals surface area contributed by atoms with Gasteiger partial charge in [0.15, 0.2) is 0 Å². The topological polar surface area (TPSA) is 94.3 Å². The highest BCUT2D eigenvalue weighted by Crippen LogP contribution is 2.22. The van der Waals surface area contributed by atoms with Crippen LogP contribution < -0.4 is 11.1 Å². The van der Waals surface area contributed by atoms with Gasteiger partial charge in [0.2, 0.25) is 0 Å². The Morgan fingerprint density at radius 2 is 1.79 bits per heavy atom. The molecule has 3 aromatic rings. The fourth-order valence-corrected chi connectivity index (χ4v) is 2.92. The summed E-state index contributed by atoms with van der Waals surface area (Å²) in [5, 5.41) is 2.88. The van der Waals surface area contributed by atoms with Gasteiger partial charge in [-0.3, -0.25) is 14.6 Å². The van der Waals surface area contributed by atoms with Crippen molar-refractivity contribution in [3.8, 4) is 0 Å². The van der Waals surface area contributed by atoms with Gasteiger partial charge in [0.05, 0.1) is 13.5 Å². The maximum Gasteiger partial charge on any atom is 0.309 e. The fourth-order valence-electron chi connectivity index (χ4n) is 2.92. The highest BCUT2D eigenvalue weighted by Gasteiger charge is 2.15. The number of nitrogens with zero attached hydrogens (tertiary/aromatic N) is 1. The van der Waals surface area contributed by atoms with Crippen LogP contribution in [0.4, 0.5) is 11.4 Å². The summed E-state index contributed by atoms with van der Waals surface area (Å²) in [4.78, 5) is 28.4. The van der Waals surface area contributed by atoms with Crippen LogP contribution in [0.1, 0.15) is 27.0 Å². The van der Waals surface area contributed by atoms with Gasteiger partial charge >= 0.3 is 5.97 Å². The van der Waals surface area contributed by atoms with Crippen LogP contribution in [0.2, 0.25) is 0 Å². The number of nitrogens with one attached hydrogen (secondary N) is 1. The van der Waals surface area contributed by atoms with Crippen LogP contribution in [0.5, 0.6) is 0 Å². The number of hydrogen-bond donors (Lipinski definition) is 2. The van der Waals surface area contributed by atoms with Crippen molar-refractivity contribution in [2.24, 2.45) is 0 Å². The first kappa shape index (κ1) is 19.1. The van der Waals surface area contributed by atoms with E-state index >= 15 is 0 Å². The summed E-state index contributed by atoms with van der Waals surface area (Å²) in [5.41, 5.74) is 10.4. The number of aromatic nitrogens is 1. The van der Waals surface area contributed by atoms with E-state index in [0.29, 0.717) is 23.4 Å². The number of methoxy groups -OCH3 is 1. The minimum atomic E-state index is -0.334. The zero-order valence-corrected chi connectivity index (χ0v) is 15.5. The van der Waals surface area contributed by atoms with Gasteiger partial charge in [0.25, 0.3) is 5.91 Å². The Morgan fingerprint density at radius 1 is 1.04 bits per heavy atom. The highest BCUT2D eigenvalue weighted by molar-refractivity contribution is 6.06. The zero-order chi connectivity index (χ0) is 19.9. The van der Waals surface area contributed by atoms with Crippen molar-refractivity contribution < 1.29 is 14.3 Å². The van der Waals surface area contributed by atoms with Crippen LogP contribution >= 0.6 is 0 Å². The zero-order valence-electron chi connectivity index (χ0n) is 15.5. The number of carbonyl (C=O) groups is 2. The number of esters is 1. The van der Waals surface area contributed by atoms with E-state index in [2.05, 4.69) is 15.0 Å². The Hall–Kier alpha value is -3.67. The highest BCUT2D eigenvalue weighted by atomic mass is 16.5. The van der Waals surface area contributed by atoms with E-state index in [9.17, 15) is 9.59 Å². The summed E-state index contributed by atoms with van der Waals surface area (Å²) in [6.45, 7) is 0. The summed E-state index contributed by atoms with van der Waals surface area (Å²) in [6, 6.07) is 16.2. The molecule has 0 aliphatic heterocycles. The molecule has 6 nitrogen and oxygen atoms in total. The second kappa shape index (κ2) is 8.81. The Bertz CT molecular complexity index is 987. The van der Waals surface area contributed by atoms with Crippen molar-refractivity contribution in [2.45, 2.75) is 12.8 Å². The van der Waals surface area contributed by atoms with Gasteiger partial charge < -0.3 is 15.8 Å². The minimum absolute atomic E-state index is 0.145. The molecule has 2 aromatic carbocycles.